The van der Waals surface area contributed by atoms with Crippen LogP contribution in [0.15, 0.2) is 42.6 Å². The molecule has 0 atom stereocenters. The van der Waals surface area contributed by atoms with Crippen molar-refractivity contribution in [3.05, 3.63) is 53.2 Å². The summed E-state index contributed by atoms with van der Waals surface area (Å²) in [6, 6.07) is 11.1. The van der Waals surface area contributed by atoms with Crippen molar-refractivity contribution in [2.24, 2.45) is 0 Å². The minimum absolute atomic E-state index is 0.0331. The lowest BCUT2D eigenvalue weighted by atomic mass is 10.2. The highest BCUT2D eigenvalue weighted by Gasteiger charge is 2.05. The van der Waals surface area contributed by atoms with E-state index < -0.39 is 0 Å². The molecule has 5 nitrogen and oxygen atoms in total. The zero-order chi connectivity index (χ0) is 16.9. The van der Waals surface area contributed by atoms with Gasteiger partial charge in [0.15, 0.2) is 0 Å². The van der Waals surface area contributed by atoms with E-state index in [-0.39, 0.29) is 5.91 Å². The molecule has 124 valence electrons. The Morgan fingerprint density at radius 1 is 1.29 bits per heavy atom. The van der Waals surface area contributed by atoms with Crippen LogP contribution < -0.4 is 10.1 Å². The van der Waals surface area contributed by atoms with Crippen LogP contribution in [0.2, 0.25) is 5.02 Å². The number of hydrogen-bond acceptors (Lipinski definition) is 3. The first-order chi connectivity index (χ1) is 11.6. The molecule has 0 fully saturated rings. The van der Waals surface area contributed by atoms with E-state index in [9.17, 15) is 4.79 Å². The SMILES string of the molecule is Cc1cc(Cl)ccc1OCCCC(=O)Nc1ccc2[nH]ncc2c1. The number of aromatic nitrogens is 2. The fourth-order valence-electron chi connectivity index (χ4n) is 2.43. The van der Waals surface area contributed by atoms with Gasteiger partial charge in [-0.15, -0.1) is 0 Å². The third-order valence-electron chi connectivity index (χ3n) is 3.67. The second-order valence-corrected chi connectivity index (χ2v) is 6.02. The quantitative estimate of drug-likeness (QED) is 0.655. The third kappa shape index (κ3) is 4.06. The van der Waals surface area contributed by atoms with Crippen molar-refractivity contribution >= 4 is 34.1 Å². The van der Waals surface area contributed by atoms with E-state index >= 15 is 0 Å². The molecule has 1 amide bonds. The number of H-pyrrole nitrogens is 1. The number of nitrogens with zero attached hydrogens (tertiary/aromatic N) is 1. The smallest absolute Gasteiger partial charge is 0.224 e. The second-order valence-electron chi connectivity index (χ2n) is 5.58. The van der Waals surface area contributed by atoms with Crippen LogP contribution in [-0.2, 0) is 4.79 Å². The Bertz CT molecular complexity index is 860. The number of aromatic amines is 1. The van der Waals surface area contributed by atoms with Gasteiger partial charge in [-0.1, -0.05) is 11.6 Å². The molecule has 3 aromatic rings. The van der Waals surface area contributed by atoms with Gasteiger partial charge in [-0.05, 0) is 55.3 Å². The maximum atomic E-state index is 12.0. The number of carbonyl (C=O) groups excluding carboxylic acids is 1. The zero-order valence-electron chi connectivity index (χ0n) is 13.3. The molecule has 0 bridgehead atoms. The normalized spacial score (nSPS) is 10.8. The van der Waals surface area contributed by atoms with Gasteiger partial charge in [-0.2, -0.15) is 5.10 Å². The molecule has 1 aromatic heterocycles. The maximum absolute atomic E-state index is 12.0. The summed E-state index contributed by atoms with van der Waals surface area (Å²) in [5.41, 5.74) is 2.70. The Hall–Kier alpha value is -2.53. The molecular weight excluding hydrogens is 326 g/mol. The highest BCUT2D eigenvalue weighted by Crippen LogP contribution is 2.22. The lowest BCUT2D eigenvalue weighted by Crippen LogP contribution is -2.12. The number of amides is 1. The number of fused-ring (bicyclic) bond motifs is 1. The molecule has 0 aliphatic carbocycles. The molecule has 0 unspecified atom stereocenters. The summed E-state index contributed by atoms with van der Waals surface area (Å²) in [4.78, 5) is 12.0. The minimum Gasteiger partial charge on any atom is -0.493 e. The van der Waals surface area contributed by atoms with Crippen molar-refractivity contribution in [3.63, 3.8) is 0 Å². The Labute approximate surface area is 145 Å². The van der Waals surface area contributed by atoms with Crippen molar-refractivity contribution in [1.82, 2.24) is 10.2 Å². The van der Waals surface area contributed by atoms with Gasteiger partial charge in [0.1, 0.15) is 5.75 Å². The Morgan fingerprint density at radius 3 is 3.00 bits per heavy atom. The highest BCUT2D eigenvalue weighted by molar-refractivity contribution is 6.30. The standard InChI is InChI=1S/C18H18ClN3O2/c1-12-9-14(19)4-7-17(12)24-8-2-3-18(23)21-15-5-6-16-13(10-15)11-20-22-16/h4-7,9-11H,2-3,8H2,1H3,(H,20,22)(H,21,23). The number of halogens is 1. The van der Waals surface area contributed by atoms with E-state index in [1.54, 1.807) is 12.3 Å². The average Bonchev–Trinajstić information content (AvgIpc) is 3.01. The summed E-state index contributed by atoms with van der Waals surface area (Å²) < 4.78 is 5.69. The number of ether oxygens (including phenoxy) is 1. The number of nitrogens with one attached hydrogen (secondary N) is 2. The lowest BCUT2D eigenvalue weighted by molar-refractivity contribution is -0.116. The number of anilines is 1. The van der Waals surface area contributed by atoms with Crippen molar-refractivity contribution in [1.29, 1.82) is 0 Å². The highest BCUT2D eigenvalue weighted by atomic mass is 35.5. The predicted octanol–water partition coefficient (Wildman–Crippen LogP) is 4.32. The summed E-state index contributed by atoms with van der Waals surface area (Å²) >= 11 is 5.91. The van der Waals surface area contributed by atoms with Gasteiger partial charge in [-0.3, -0.25) is 9.89 Å². The van der Waals surface area contributed by atoms with E-state index in [1.807, 2.05) is 37.3 Å². The minimum atomic E-state index is -0.0331. The molecule has 3 rings (SSSR count). The molecule has 0 saturated carbocycles. The number of carbonyl (C=O) groups is 1. The zero-order valence-corrected chi connectivity index (χ0v) is 14.1. The second kappa shape index (κ2) is 7.36. The van der Waals surface area contributed by atoms with Gasteiger partial charge in [0, 0.05) is 22.5 Å². The van der Waals surface area contributed by atoms with E-state index in [2.05, 4.69) is 15.5 Å². The average molecular weight is 344 g/mol. The number of benzene rings is 2. The molecule has 6 heteroatoms. The topological polar surface area (TPSA) is 67.0 Å². The summed E-state index contributed by atoms with van der Waals surface area (Å²) in [6.07, 6.45) is 2.77. The Morgan fingerprint density at radius 2 is 2.17 bits per heavy atom. The molecule has 24 heavy (non-hydrogen) atoms. The van der Waals surface area contributed by atoms with Crippen LogP contribution in [-0.4, -0.2) is 22.7 Å². The fraction of sp³-hybridized carbons (Fsp3) is 0.222. The van der Waals surface area contributed by atoms with E-state index in [4.69, 9.17) is 16.3 Å². The summed E-state index contributed by atoms with van der Waals surface area (Å²) in [7, 11) is 0. The van der Waals surface area contributed by atoms with Gasteiger partial charge < -0.3 is 10.1 Å². The summed E-state index contributed by atoms with van der Waals surface area (Å²) in [6.45, 7) is 2.43. The van der Waals surface area contributed by atoms with Gasteiger partial charge in [0.05, 0.1) is 18.3 Å². The van der Waals surface area contributed by atoms with Crippen molar-refractivity contribution < 1.29 is 9.53 Å². The molecule has 0 aliphatic heterocycles. The van der Waals surface area contributed by atoms with Gasteiger partial charge in [-0.25, -0.2) is 0 Å². The van der Waals surface area contributed by atoms with E-state index in [0.29, 0.717) is 24.5 Å². The first-order valence-electron chi connectivity index (χ1n) is 7.74. The van der Waals surface area contributed by atoms with Gasteiger partial charge >= 0.3 is 0 Å². The van der Waals surface area contributed by atoms with Gasteiger partial charge in [0.25, 0.3) is 0 Å². The summed E-state index contributed by atoms with van der Waals surface area (Å²) in [5, 5.41) is 11.4. The molecule has 0 radical (unpaired) electrons. The number of hydrogen-bond donors (Lipinski definition) is 2. The van der Waals surface area contributed by atoms with E-state index in [1.165, 1.54) is 0 Å². The van der Waals surface area contributed by atoms with Gasteiger partial charge in [0.2, 0.25) is 5.91 Å². The summed E-state index contributed by atoms with van der Waals surface area (Å²) in [5.74, 6) is 0.763. The van der Waals surface area contributed by atoms with Crippen molar-refractivity contribution in [3.8, 4) is 5.75 Å². The van der Waals surface area contributed by atoms with Crippen LogP contribution >= 0.6 is 11.6 Å². The third-order valence-corrected chi connectivity index (χ3v) is 3.90. The lowest BCUT2D eigenvalue weighted by Gasteiger charge is -2.09. The van der Waals surface area contributed by atoms with Crippen LogP contribution in [0.4, 0.5) is 5.69 Å². The van der Waals surface area contributed by atoms with Crippen molar-refractivity contribution in [2.75, 3.05) is 11.9 Å². The molecule has 2 N–H and O–H groups in total. The van der Waals surface area contributed by atoms with Crippen LogP contribution in [0.3, 0.4) is 0 Å². The first-order valence-corrected chi connectivity index (χ1v) is 8.11. The van der Waals surface area contributed by atoms with E-state index in [0.717, 1.165) is 27.9 Å². The predicted molar refractivity (Wildman–Crippen MR) is 95.6 cm³/mol. The Balaban J connectivity index is 1.45. The van der Waals surface area contributed by atoms with Crippen LogP contribution in [0.25, 0.3) is 10.9 Å². The van der Waals surface area contributed by atoms with Crippen LogP contribution in [0, 0.1) is 6.92 Å². The molecule has 0 saturated heterocycles. The first kappa shape index (κ1) is 16.3. The number of rotatable bonds is 6. The van der Waals surface area contributed by atoms with Crippen LogP contribution in [0.1, 0.15) is 18.4 Å². The maximum Gasteiger partial charge on any atom is 0.224 e. The molecule has 2 aromatic carbocycles. The molecular formula is C18H18ClN3O2. The number of aryl methyl sites for hydroxylation is 1. The molecule has 0 spiro atoms. The fourth-order valence-corrected chi connectivity index (χ4v) is 2.66. The van der Waals surface area contributed by atoms with Crippen LogP contribution in [0.5, 0.6) is 5.75 Å². The molecule has 1 heterocycles. The Kier molecular flexibility index (Phi) is 5.01. The monoisotopic (exact) mass is 343 g/mol. The molecule has 0 aliphatic rings. The van der Waals surface area contributed by atoms with Crippen molar-refractivity contribution in [2.45, 2.75) is 19.8 Å². The largest absolute Gasteiger partial charge is 0.493 e.